The topological polar surface area (TPSA) is 18.5 Å². The molecule has 1 aliphatic carbocycles. The van der Waals surface area contributed by atoms with Crippen LogP contribution in [0.2, 0.25) is 0 Å². The van der Waals surface area contributed by atoms with Crippen molar-refractivity contribution in [3.05, 3.63) is 193 Å². The molecule has 2 nitrogen and oxygen atoms in total. The maximum Gasteiger partial charge on any atom is 0.188 e. The zero-order valence-corrected chi connectivity index (χ0v) is 32.4. The van der Waals surface area contributed by atoms with Gasteiger partial charge in [-0.05, 0) is 72.8 Å². The van der Waals surface area contributed by atoms with Crippen LogP contribution in [0.3, 0.4) is 0 Å². The predicted octanol–water partition coefficient (Wildman–Crippen LogP) is 11.1. The van der Waals surface area contributed by atoms with E-state index in [2.05, 4.69) is 196 Å². The molecule has 0 saturated carbocycles. The Kier molecular flexibility index (Phi) is 7.19. The minimum Gasteiger partial charge on any atom is -0.457 e. The number of benzene rings is 8. The lowest BCUT2D eigenvalue weighted by molar-refractivity contribution is 0.457. The first-order valence-electron chi connectivity index (χ1n) is 18.9. The van der Waals surface area contributed by atoms with Crippen LogP contribution in [-0.2, 0) is 5.41 Å². The highest BCUT2D eigenvalue weighted by molar-refractivity contribution is 7.99. The van der Waals surface area contributed by atoms with Gasteiger partial charge < -0.3 is 9.47 Å². The van der Waals surface area contributed by atoms with Crippen LogP contribution in [0, 0.1) is 0 Å². The fourth-order valence-electron chi connectivity index (χ4n) is 9.38. The smallest absolute Gasteiger partial charge is 0.188 e. The van der Waals surface area contributed by atoms with Gasteiger partial charge in [0.2, 0.25) is 0 Å². The Labute approximate surface area is 327 Å². The molecule has 0 saturated heterocycles. The molecule has 0 fully saturated rings. The van der Waals surface area contributed by atoms with Crippen molar-refractivity contribution in [3.8, 4) is 56.4 Å². The zero-order chi connectivity index (χ0) is 36.7. The van der Waals surface area contributed by atoms with Gasteiger partial charge >= 0.3 is 0 Å². The minimum atomic E-state index is -2.76. The molecule has 0 N–H and O–H groups in total. The maximum atomic E-state index is 7.12. The summed E-state index contributed by atoms with van der Waals surface area (Å²) in [6.07, 6.45) is 0. The summed E-state index contributed by atoms with van der Waals surface area (Å²) in [7, 11) is -2.76. The van der Waals surface area contributed by atoms with E-state index in [1.54, 1.807) is 11.8 Å². The van der Waals surface area contributed by atoms with Crippen molar-refractivity contribution in [2.45, 2.75) is 29.1 Å². The lowest BCUT2D eigenvalue weighted by Crippen LogP contribution is -2.76. The maximum absolute atomic E-state index is 7.12. The first-order valence-corrected chi connectivity index (χ1v) is 21.7. The Balaban J connectivity index is 1.07. The first-order chi connectivity index (χ1) is 27.0. The summed E-state index contributed by atoms with van der Waals surface area (Å²) in [6.45, 7) is 4.64. The second-order valence-electron chi connectivity index (χ2n) is 15.2. The fraction of sp³-hybridized carbons (Fsp3) is 0.0588. The van der Waals surface area contributed by atoms with Crippen molar-refractivity contribution >= 4 is 40.6 Å². The third-order valence-electron chi connectivity index (χ3n) is 11.9. The van der Waals surface area contributed by atoms with E-state index in [1.807, 2.05) is 0 Å². The SMILES string of the molecule is CC1(C)c2ccccc2-c2c1ccc1c2Oc2c(cccc2-c2cccc(-c3cccc4c3Oc3ccccc3[Si]4(c3ccccc3)c3ccccc3)c2)S1. The first kappa shape index (κ1) is 32.4. The molecule has 0 atom stereocenters. The second kappa shape index (κ2) is 12.2. The molecule has 4 heteroatoms. The fourth-order valence-corrected chi connectivity index (χ4v) is 15.4. The number of hydrogen-bond acceptors (Lipinski definition) is 3. The number of fused-ring (bicyclic) bond motifs is 8. The van der Waals surface area contributed by atoms with Crippen molar-refractivity contribution in [2.75, 3.05) is 0 Å². The monoisotopic (exact) mass is 740 g/mol. The van der Waals surface area contributed by atoms with Crippen LogP contribution in [-0.4, -0.2) is 8.07 Å². The molecular weight excluding hydrogens is 705 g/mol. The molecule has 3 aliphatic rings. The average molecular weight is 741 g/mol. The van der Waals surface area contributed by atoms with Crippen molar-refractivity contribution < 1.29 is 9.47 Å². The van der Waals surface area contributed by atoms with Gasteiger partial charge in [0.05, 0.1) is 9.79 Å². The molecule has 0 aromatic heterocycles. The van der Waals surface area contributed by atoms with Crippen LogP contribution in [0.4, 0.5) is 0 Å². The molecule has 0 unspecified atom stereocenters. The van der Waals surface area contributed by atoms with Gasteiger partial charge in [0.15, 0.2) is 8.07 Å². The summed E-state index contributed by atoms with van der Waals surface area (Å²) in [6, 6.07) is 66.3. The van der Waals surface area contributed by atoms with Crippen LogP contribution in [0.1, 0.15) is 25.0 Å². The summed E-state index contributed by atoms with van der Waals surface area (Å²) < 4.78 is 14.1. The van der Waals surface area contributed by atoms with E-state index in [-0.39, 0.29) is 5.41 Å². The Hall–Kier alpha value is -6.07. The van der Waals surface area contributed by atoms with Crippen LogP contribution >= 0.6 is 11.8 Å². The summed E-state index contributed by atoms with van der Waals surface area (Å²) in [4.78, 5) is 2.28. The highest BCUT2D eigenvalue weighted by atomic mass is 32.2. The lowest BCUT2D eigenvalue weighted by Gasteiger charge is -2.40. The second-order valence-corrected chi connectivity index (χ2v) is 20.0. The van der Waals surface area contributed by atoms with E-state index in [4.69, 9.17) is 9.47 Å². The zero-order valence-electron chi connectivity index (χ0n) is 30.5. The molecule has 11 rings (SSSR count). The standard InChI is InChI=1S/C51H36O2SSi/c1-51(2)40-25-10-9-22-39(40)47-41(51)30-31-44-50(47)53-48-37(23-14-27-43(48)54-44)33-16-13-17-34(32-33)38-24-15-29-46-49(38)52-42-26-11-12-28-45(42)55(46,35-18-5-3-6-19-35)36-20-7-4-8-21-36/h3-32H,1-2H3. The van der Waals surface area contributed by atoms with Gasteiger partial charge in [-0.2, -0.15) is 0 Å². The van der Waals surface area contributed by atoms with Crippen LogP contribution < -0.4 is 30.2 Å². The molecular formula is C51H36O2SSi. The Morgan fingerprint density at radius 3 is 1.78 bits per heavy atom. The Bertz CT molecular complexity index is 2790. The van der Waals surface area contributed by atoms with Gasteiger partial charge in [0.25, 0.3) is 0 Å². The molecule has 55 heavy (non-hydrogen) atoms. The van der Waals surface area contributed by atoms with Gasteiger partial charge in [-0.1, -0.05) is 183 Å². The largest absolute Gasteiger partial charge is 0.457 e. The molecule has 8 aromatic carbocycles. The highest BCUT2D eigenvalue weighted by Gasteiger charge is 2.48. The lowest BCUT2D eigenvalue weighted by atomic mass is 9.82. The van der Waals surface area contributed by atoms with Gasteiger partial charge in [-0.25, -0.2) is 0 Å². The van der Waals surface area contributed by atoms with Crippen molar-refractivity contribution in [2.24, 2.45) is 0 Å². The van der Waals surface area contributed by atoms with Crippen LogP contribution in [0.5, 0.6) is 23.0 Å². The van der Waals surface area contributed by atoms with E-state index < -0.39 is 8.07 Å². The van der Waals surface area contributed by atoms with Crippen molar-refractivity contribution in [1.82, 2.24) is 0 Å². The predicted molar refractivity (Wildman–Crippen MR) is 229 cm³/mol. The van der Waals surface area contributed by atoms with Gasteiger partial charge in [-0.3, -0.25) is 0 Å². The molecule has 0 radical (unpaired) electrons. The summed E-state index contributed by atoms with van der Waals surface area (Å²) >= 11 is 1.80. The quantitative estimate of drug-likeness (QED) is 0.167. The molecule has 0 amide bonds. The summed E-state index contributed by atoms with van der Waals surface area (Å²) in [5, 5.41) is 5.21. The van der Waals surface area contributed by atoms with Gasteiger partial charge in [-0.15, -0.1) is 0 Å². The van der Waals surface area contributed by atoms with E-state index in [1.165, 1.54) is 43.0 Å². The average Bonchev–Trinajstić information content (AvgIpc) is 3.48. The van der Waals surface area contributed by atoms with Crippen LogP contribution in [0.15, 0.2) is 192 Å². The normalized spacial score (nSPS) is 14.9. The van der Waals surface area contributed by atoms with Crippen molar-refractivity contribution in [1.29, 1.82) is 0 Å². The third-order valence-corrected chi connectivity index (χ3v) is 17.8. The molecule has 0 bridgehead atoms. The minimum absolute atomic E-state index is 0.0953. The van der Waals surface area contributed by atoms with Gasteiger partial charge in [0.1, 0.15) is 23.0 Å². The number of ether oxygens (including phenoxy) is 2. The summed E-state index contributed by atoms with van der Waals surface area (Å²) in [5.41, 5.74) is 9.43. The van der Waals surface area contributed by atoms with E-state index in [0.29, 0.717) is 0 Å². The Morgan fingerprint density at radius 1 is 0.436 bits per heavy atom. The number of hydrogen-bond donors (Lipinski definition) is 0. The van der Waals surface area contributed by atoms with Crippen LogP contribution in [0.25, 0.3) is 33.4 Å². The van der Waals surface area contributed by atoms with Crippen molar-refractivity contribution in [3.63, 3.8) is 0 Å². The number of rotatable bonds is 4. The summed E-state index contributed by atoms with van der Waals surface area (Å²) in [5.74, 6) is 3.73. The molecule has 2 heterocycles. The van der Waals surface area contributed by atoms with Gasteiger partial charge in [0, 0.05) is 22.1 Å². The third kappa shape index (κ3) is 4.68. The van der Waals surface area contributed by atoms with E-state index >= 15 is 0 Å². The molecule has 2 aliphatic heterocycles. The highest BCUT2D eigenvalue weighted by Crippen LogP contribution is 2.59. The number of para-hydroxylation sites is 3. The van der Waals surface area contributed by atoms with E-state index in [0.717, 1.165) is 55.0 Å². The molecule has 262 valence electrons. The molecule has 0 spiro atoms. The Morgan fingerprint density at radius 2 is 1.02 bits per heavy atom. The van der Waals surface area contributed by atoms with E-state index in [9.17, 15) is 0 Å². The molecule has 8 aromatic rings.